The first kappa shape index (κ1) is 21.1. The van der Waals surface area contributed by atoms with Crippen LogP contribution in [0.25, 0.3) is 11.3 Å². The Bertz CT molecular complexity index is 976. The summed E-state index contributed by atoms with van der Waals surface area (Å²) in [7, 11) is 3.16. The number of benzene rings is 2. The van der Waals surface area contributed by atoms with Crippen molar-refractivity contribution in [3.63, 3.8) is 0 Å². The van der Waals surface area contributed by atoms with Gasteiger partial charge < -0.3 is 14.8 Å². The molecule has 3 rings (SSSR count). The van der Waals surface area contributed by atoms with Crippen molar-refractivity contribution >= 4 is 29.0 Å². The van der Waals surface area contributed by atoms with Crippen LogP contribution in [0, 0.1) is 5.82 Å². The summed E-state index contributed by atoms with van der Waals surface area (Å²) in [5.41, 5.74) is 2.54. The molecule has 5 nitrogen and oxygen atoms in total. The van der Waals surface area contributed by atoms with E-state index in [2.05, 4.69) is 10.3 Å². The molecule has 0 radical (unpaired) electrons. The van der Waals surface area contributed by atoms with Gasteiger partial charge in [0.2, 0.25) is 5.91 Å². The zero-order valence-electron chi connectivity index (χ0n) is 16.3. The van der Waals surface area contributed by atoms with Gasteiger partial charge in [0.25, 0.3) is 0 Å². The summed E-state index contributed by atoms with van der Waals surface area (Å²) in [6.45, 7) is 2.23. The molecule has 0 aliphatic heterocycles. The standard InChI is InChI=1S/C21H21FN2O3S2/c1-13(20(25)23-11-14-4-9-18(26-2)19(10-14)27-3)29-21-24-17(12-28-21)15-5-7-16(22)8-6-15/h4-10,12-13H,11H2,1-3H3,(H,23,25). The first-order chi connectivity index (χ1) is 14.0. The molecule has 1 amide bonds. The molecule has 0 bridgehead atoms. The van der Waals surface area contributed by atoms with Crippen LogP contribution in [-0.2, 0) is 11.3 Å². The number of halogens is 1. The number of ether oxygens (including phenoxy) is 2. The summed E-state index contributed by atoms with van der Waals surface area (Å²) in [5.74, 6) is 0.909. The molecular weight excluding hydrogens is 411 g/mol. The second-order valence-electron chi connectivity index (χ2n) is 6.17. The van der Waals surface area contributed by atoms with Gasteiger partial charge in [0.05, 0.1) is 25.2 Å². The van der Waals surface area contributed by atoms with E-state index in [0.717, 1.165) is 21.2 Å². The minimum absolute atomic E-state index is 0.0803. The third-order valence-electron chi connectivity index (χ3n) is 4.18. The fourth-order valence-corrected chi connectivity index (χ4v) is 4.59. The van der Waals surface area contributed by atoms with Crippen molar-refractivity contribution in [1.29, 1.82) is 0 Å². The van der Waals surface area contributed by atoms with Crippen molar-refractivity contribution in [2.45, 2.75) is 23.1 Å². The van der Waals surface area contributed by atoms with Crippen LogP contribution in [-0.4, -0.2) is 30.4 Å². The number of rotatable bonds is 8. The van der Waals surface area contributed by atoms with Crippen molar-refractivity contribution in [3.8, 4) is 22.8 Å². The number of hydrogen-bond donors (Lipinski definition) is 1. The monoisotopic (exact) mass is 432 g/mol. The Labute approximate surface area is 177 Å². The summed E-state index contributed by atoms with van der Waals surface area (Å²) in [5, 5.41) is 4.53. The van der Waals surface area contributed by atoms with Crippen LogP contribution < -0.4 is 14.8 Å². The van der Waals surface area contributed by atoms with Gasteiger partial charge >= 0.3 is 0 Å². The quantitative estimate of drug-likeness (QED) is 0.520. The second kappa shape index (κ2) is 9.76. The van der Waals surface area contributed by atoms with E-state index >= 15 is 0 Å². The lowest BCUT2D eigenvalue weighted by Crippen LogP contribution is -2.30. The molecule has 1 atom stereocenters. The Morgan fingerprint density at radius 1 is 1.17 bits per heavy atom. The molecule has 0 fully saturated rings. The van der Waals surface area contributed by atoms with Gasteiger partial charge in [-0.1, -0.05) is 17.8 Å². The number of thioether (sulfide) groups is 1. The third kappa shape index (κ3) is 5.48. The minimum atomic E-state index is -0.303. The van der Waals surface area contributed by atoms with Crippen molar-refractivity contribution in [2.75, 3.05) is 14.2 Å². The van der Waals surface area contributed by atoms with Gasteiger partial charge in [0.15, 0.2) is 15.8 Å². The molecular formula is C21H21FN2O3S2. The number of aromatic nitrogens is 1. The molecule has 0 aliphatic rings. The van der Waals surface area contributed by atoms with Gasteiger partial charge in [-0.3, -0.25) is 4.79 Å². The molecule has 8 heteroatoms. The van der Waals surface area contributed by atoms with E-state index in [0.29, 0.717) is 18.0 Å². The predicted molar refractivity (Wildman–Crippen MR) is 114 cm³/mol. The van der Waals surface area contributed by atoms with E-state index in [-0.39, 0.29) is 17.0 Å². The highest BCUT2D eigenvalue weighted by atomic mass is 32.2. The highest BCUT2D eigenvalue weighted by Gasteiger charge is 2.17. The molecule has 0 saturated heterocycles. The first-order valence-corrected chi connectivity index (χ1v) is 10.6. The van der Waals surface area contributed by atoms with Gasteiger partial charge in [-0.15, -0.1) is 11.3 Å². The predicted octanol–water partition coefficient (Wildman–Crippen LogP) is 4.76. The molecule has 2 aromatic carbocycles. The Morgan fingerprint density at radius 2 is 1.90 bits per heavy atom. The normalized spacial score (nSPS) is 11.7. The van der Waals surface area contributed by atoms with Crippen LogP contribution in [0.5, 0.6) is 11.5 Å². The smallest absolute Gasteiger partial charge is 0.233 e. The average Bonchev–Trinajstić information content (AvgIpc) is 3.20. The molecule has 1 aromatic heterocycles. The molecule has 0 aliphatic carbocycles. The van der Waals surface area contributed by atoms with Crippen LogP contribution in [0.4, 0.5) is 4.39 Å². The highest BCUT2D eigenvalue weighted by Crippen LogP contribution is 2.31. The summed E-state index contributed by atoms with van der Waals surface area (Å²) in [6.07, 6.45) is 0. The van der Waals surface area contributed by atoms with Gasteiger partial charge in [-0.2, -0.15) is 0 Å². The van der Waals surface area contributed by atoms with Gasteiger partial charge in [0, 0.05) is 17.5 Å². The van der Waals surface area contributed by atoms with E-state index in [1.165, 1.54) is 35.2 Å². The SMILES string of the molecule is COc1ccc(CNC(=O)C(C)Sc2nc(-c3ccc(F)cc3)cs2)cc1OC. The van der Waals surface area contributed by atoms with Crippen molar-refractivity contribution in [1.82, 2.24) is 10.3 Å². The number of amides is 1. The Balaban J connectivity index is 1.56. The number of methoxy groups -OCH3 is 2. The van der Waals surface area contributed by atoms with E-state index in [9.17, 15) is 9.18 Å². The molecule has 3 aromatic rings. The fraction of sp³-hybridized carbons (Fsp3) is 0.238. The van der Waals surface area contributed by atoms with Crippen LogP contribution >= 0.6 is 23.1 Å². The van der Waals surface area contributed by atoms with Crippen LogP contribution in [0.2, 0.25) is 0 Å². The molecule has 0 saturated carbocycles. The third-order valence-corrected chi connectivity index (χ3v) is 6.26. The topological polar surface area (TPSA) is 60.5 Å². The summed E-state index contributed by atoms with van der Waals surface area (Å²) >= 11 is 2.86. The zero-order valence-corrected chi connectivity index (χ0v) is 17.9. The van der Waals surface area contributed by atoms with Gasteiger partial charge in [-0.05, 0) is 48.9 Å². The molecule has 152 valence electrons. The number of hydrogen-bond acceptors (Lipinski definition) is 6. The molecule has 1 heterocycles. The van der Waals surface area contributed by atoms with E-state index in [4.69, 9.17) is 9.47 Å². The largest absolute Gasteiger partial charge is 0.493 e. The number of thiazole rings is 1. The van der Waals surface area contributed by atoms with Gasteiger partial charge in [-0.25, -0.2) is 9.37 Å². The van der Waals surface area contributed by atoms with Crippen molar-refractivity contribution < 1.29 is 18.7 Å². The highest BCUT2D eigenvalue weighted by molar-refractivity contribution is 8.02. The number of carbonyl (C=O) groups is 1. The van der Waals surface area contributed by atoms with Crippen LogP contribution in [0.15, 0.2) is 52.2 Å². The number of nitrogens with zero attached hydrogens (tertiary/aromatic N) is 1. The van der Waals surface area contributed by atoms with Crippen LogP contribution in [0.1, 0.15) is 12.5 Å². The van der Waals surface area contributed by atoms with E-state index < -0.39 is 0 Å². The van der Waals surface area contributed by atoms with Crippen molar-refractivity contribution in [2.24, 2.45) is 0 Å². The lowest BCUT2D eigenvalue weighted by atomic mass is 10.2. The Kier molecular flexibility index (Phi) is 7.11. The van der Waals surface area contributed by atoms with Gasteiger partial charge in [0.1, 0.15) is 5.82 Å². The molecule has 0 spiro atoms. The zero-order chi connectivity index (χ0) is 20.8. The number of nitrogens with one attached hydrogen (secondary N) is 1. The maximum Gasteiger partial charge on any atom is 0.233 e. The van der Waals surface area contributed by atoms with E-state index in [1.54, 1.807) is 26.4 Å². The summed E-state index contributed by atoms with van der Waals surface area (Å²) in [4.78, 5) is 17.0. The lowest BCUT2D eigenvalue weighted by molar-refractivity contribution is -0.120. The maximum absolute atomic E-state index is 13.1. The minimum Gasteiger partial charge on any atom is -0.493 e. The lowest BCUT2D eigenvalue weighted by Gasteiger charge is -2.12. The second-order valence-corrected chi connectivity index (χ2v) is 8.62. The van der Waals surface area contributed by atoms with E-state index in [1.807, 2.05) is 30.5 Å². The summed E-state index contributed by atoms with van der Waals surface area (Å²) in [6, 6.07) is 11.7. The molecule has 1 unspecified atom stereocenters. The molecule has 1 N–H and O–H groups in total. The number of carbonyl (C=O) groups excluding carboxylic acids is 1. The fourth-order valence-electron chi connectivity index (χ4n) is 2.59. The average molecular weight is 433 g/mol. The Morgan fingerprint density at radius 3 is 2.59 bits per heavy atom. The molecule has 29 heavy (non-hydrogen) atoms. The first-order valence-electron chi connectivity index (χ1n) is 8.87. The Hall–Kier alpha value is -2.58. The van der Waals surface area contributed by atoms with Crippen LogP contribution in [0.3, 0.4) is 0 Å². The summed E-state index contributed by atoms with van der Waals surface area (Å²) < 4.78 is 24.4. The maximum atomic E-state index is 13.1. The van der Waals surface area contributed by atoms with Crippen molar-refractivity contribution in [3.05, 3.63) is 59.2 Å².